The maximum atomic E-state index is 4.61. The van der Waals surface area contributed by atoms with Gasteiger partial charge in [-0.1, -0.05) is 26.0 Å². The number of likely N-dealkylation sites (tertiary alicyclic amines) is 1. The topological polar surface area (TPSA) is 24.3 Å². The Bertz CT molecular complexity index is 602. The Balaban J connectivity index is 0.00000208. The molecule has 1 aromatic heterocycles. The average Bonchev–Trinajstić information content (AvgIpc) is 3.24. The van der Waals surface area contributed by atoms with Crippen LogP contribution in [0.2, 0.25) is 0 Å². The minimum Gasteiger partial charge on any atom is -0.326 e. The smallest absolute Gasteiger partial charge is 0.0961 e. The average molecular weight is 351 g/mol. The van der Waals surface area contributed by atoms with E-state index in [-0.39, 0.29) is 12.4 Å². The summed E-state index contributed by atoms with van der Waals surface area (Å²) >= 11 is 0. The lowest BCUT2D eigenvalue weighted by Gasteiger charge is -2.27. The van der Waals surface area contributed by atoms with Gasteiger partial charge >= 0.3 is 0 Å². The van der Waals surface area contributed by atoms with Gasteiger partial charge in [0.15, 0.2) is 0 Å². The molecule has 24 heavy (non-hydrogen) atoms. The number of nitrogens with zero attached hydrogens (tertiary/aromatic N) is 4. The SMILES string of the molecule is CCN(CC)CCC(CN1CCCC1)n1cnc2ccccc21.Cl. The highest BCUT2D eigenvalue weighted by molar-refractivity contribution is 5.85. The minimum atomic E-state index is 0. The summed E-state index contributed by atoms with van der Waals surface area (Å²) in [6.07, 6.45) is 5.95. The van der Waals surface area contributed by atoms with E-state index in [0.717, 1.165) is 31.7 Å². The van der Waals surface area contributed by atoms with Crippen LogP contribution in [0.4, 0.5) is 0 Å². The summed E-state index contributed by atoms with van der Waals surface area (Å²) in [5.41, 5.74) is 2.39. The third-order valence-electron chi connectivity index (χ3n) is 5.22. The first-order valence-corrected chi connectivity index (χ1v) is 9.18. The molecule has 3 rings (SSSR count). The van der Waals surface area contributed by atoms with Crippen LogP contribution in [0.3, 0.4) is 0 Å². The molecule has 2 aromatic rings. The monoisotopic (exact) mass is 350 g/mol. The lowest BCUT2D eigenvalue weighted by Crippen LogP contribution is -2.32. The molecular formula is C19H31ClN4. The minimum absolute atomic E-state index is 0. The largest absolute Gasteiger partial charge is 0.326 e. The molecule has 0 bridgehead atoms. The van der Waals surface area contributed by atoms with Crippen LogP contribution in [0.25, 0.3) is 11.0 Å². The van der Waals surface area contributed by atoms with Crippen LogP contribution < -0.4 is 0 Å². The molecule has 2 heterocycles. The van der Waals surface area contributed by atoms with E-state index in [1.807, 2.05) is 6.33 Å². The summed E-state index contributed by atoms with van der Waals surface area (Å²) in [7, 11) is 0. The number of aromatic nitrogens is 2. The van der Waals surface area contributed by atoms with Crippen molar-refractivity contribution in [2.24, 2.45) is 0 Å². The van der Waals surface area contributed by atoms with Crippen LogP contribution >= 0.6 is 12.4 Å². The molecule has 134 valence electrons. The Morgan fingerprint density at radius 1 is 1.12 bits per heavy atom. The van der Waals surface area contributed by atoms with Crippen molar-refractivity contribution in [1.82, 2.24) is 19.4 Å². The molecule has 1 unspecified atom stereocenters. The molecule has 1 fully saturated rings. The number of halogens is 1. The van der Waals surface area contributed by atoms with Gasteiger partial charge in [0.25, 0.3) is 0 Å². The van der Waals surface area contributed by atoms with Crippen molar-refractivity contribution < 1.29 is 0 Å². The number of hydrogen-bond acceptors (Lipinski definition) is 3. The Hall–Kier alpha value is -1.10. The fourth-order valence-corrected chi connectivity index (χ4v) is 3.72. The van der Waals surface area contributed by atoms with Crippen molar-refractivity contribution in [1.29, 1.82) is 0 Å². The molecule has 5 heteroatoms. The molecule has 0 saturated carbocycles. The van der Waals surface area contributed by atoms with E-state index in [0.29, 0.717) is 6.04 Å². The molecule has 1 aromatic carbocycles. The van der Waals surface area contributed by atoms with Crippen molar-refractivity contribution in [3.05, 3.63) is 30.6 Å². The summed E-state index contributed by atoms with van der Waals surface area (Å²) in [5, 5.41) is 0. The molecule has 0 amide bonds. The van der Waals surface area contributed by atoms with E-state index in [2.05, 4.69) is 57.5 Å². The van der Waals surface area contributed by atoms with Gasteiger partial charge in [0, 0.05) is 19.1 Å². The molecule has 0 spiro atoms. The lowest BCUT2D eigenvalue weighted by molar-refractivity contribution is 0.233. The third kappa shape index (κ3) is 4.50. The molecule has 0 aliphatic carbocycles. The standard InChI is InChI=1S/C19H30N4.ClH/c1-3-21(4-2)14-11-17(15-22-12-7-8-13-22)23-16-20-18-9-5-6-10-19(18)23;/h5-6,9-10,16-17H,3-4,7-8,11-15H2,1-2H3;1H. The van der Waals surface area contributed by atoms with E-state index in [9.17, 15) is 0 Å². The number of imidazole rings is 1. The van der Waals surface area contributed by atoms with Gasteiger partial charge in [-0.25, -0.2) is 4.98 Å². The van der Waals surface area contributed by atoms with Crippen LogP contribution in [0, 0.1) is 0 Å². The second-order valence-electron chi connectivity index (χ2n) is 6.62. The predicted molar refractivity (Wildman–Crippen MR) is 104 cm³/mol. The number of hydrogen-bond donors (Lipinski definition) is 0. The highest BCUT2D eigenvalue weighted by Crippen LogP contribution is 2.23. The Kier molecular flexibility index (Phi) is 7.53. The van der Waals surface area contributed by atoms with E-state index < -0.39 is 0 Å². The molecule has 4 nitrogen and oxygen atoms in total. The van der Waals surface area contributed by atoms with Crippen LogP contribution in [0.1, 0.15) is 39.2 Å². The quantitative estimate of drug-likeness (QED) is 0.723. The van der Waals surface area contributed by atoms with Crippen molar-refractivity contribution in [2.45, 2.75) is 39.2 Å². The van der Waals surface area contributed by atoms with E-state index in [1.54, 1.807) is 0 Å². The summed E-state index contributed by atoms with van der Waals surface area (Å²) < 4.78 is 2.41. The first-order chi connectivity index (χ1) is 11.3. The molecule has 1 saturated heterocycles. The van der Waals surface area contributed by atoms with Gasteiger partial charge in [0.05, 0.1) is 17.4 Å². The fraction of sp³-hybridized carbons (Fsp3) is 0.632. The molecule has 0 radical (unpaired) electrons. The third-order valence-corrected chi connectivity index (χ3v) is 5.22. The highest BCUT2D eigenvalue weighted by Gasteiger charge is 2.20. The van der Waals surface area contributed by atoms with Crippen LogP contribution in [-0.2, 0) is 0 Å². The summed E-state index contributed by atoms with van der Waals surface area (Å²) in [4.78, 5) is 9.76. The predicted octanol–water partition coefficient (Wildman–Crippen LogP) is 3.83. The lowest BCUT2D eigenvalue weighted by atomic mass is 10.1. The maximum Gasteiger partial charge on any atom is 0.0961 e. The fourth-order valence-electron chi connectivity index (χ4n) is 3.72. The molecule has 0 N–H and O–H groups in total. The van der Waals surface area contributed by atoms with Crippen molar-refractivity contribution in [2.75, 3.05) is 39.3 Å². The van der Waals surface area contributed by atoms with Gasteiger partial charge in [-0.05, 0) is 57.6 Å². The Labute approximate surface area is 152 Å². The van der Waals surface area contributed by atoms with E-state index in [4.69, 9.17) is 0 Å². The second-order valence-corrected chi connectivity index (χ2v) is 6.62. The van der Waals surface area contributed by atoms with Gasteiger partial charge in [-0.15, -0.1) is 12.4 Å². The van der Waals surface area contributed by atoms with Crippen LogP contribution in [0.5, 0.6) is 0 Å². The van der Waals surface area contributed by atoms with Gasteiger partial charge < -0.3 is 14.4 Å². The first kappa shape index (κ1) is 19.2. The number of fused-ring (bicyclic) bond motifs is 1. The zero-order valence-electron chi connectivity index (χ0n) is 15.0. The molecule has 1 atom stereocenters. The van der Waals surface area contributed by atoms with E-state index >= 15 is 0 Å². The summed E-state index contributed by atoms with van der Waals surface area (Å²) in [6.45, 7) is 11.6. The summed E-state index contributed by atoms with van der Waals surface area (Å²) in [5.74, 6) is 0. The maximum absolute atomic E-state index is 4.61. The van der Waals surface area contributed by atoms with Crippen molar-refractivity contribution in [3.8, 4) is 0 Å². The molecule has 1 aliphatic heterocycles. The van der Waals surface area contributed by atoms with Gasteiger partial charge in [0.2, 0.25) is 0 Å². The first-order valence-electron chi connectivity index (χ1n) is 9.18. The Morgan fingerprint density at radius 3 is 2.54 bits per heavy atom. The number of benzene rings is 1. The Morgan fingerprint density at radius 2 is 1.83 bits per heavy atom. The zero-order chi connectivity index (χ0) is 16.1. The number of rotatable bonds is 8. The van der Waals surface area contributed by atoms with Crippen LogP contribution in [0.15, 0.2) is 30.6 Å². The van der Waals surface area contributed by atoms with Crippen LogP contribution in [-0.4, -0.2) is 58.6 Å². The number of para-hydroxylation sites is 2. The van der Waals surface area contributed by atoms with Gasteiger partial charge in [-0.2, -0.15) is 0 Å². The zero-order valence-corrected chi connectivity index (χ0v) is 15.8. The van der Waals surface area contributed by atoms with E-state index in [1.165, 1.54) is 37.9 Å². The second kappa shape index (κ2) is 9.40. The summed E-state index contributed by atoms with van der Waals surface area (Å²) in [6, 6.07) is 9.03. The van der Waals surface area contributed by atoms with Gasteiger partial charge in [0.1, 0.15) is 0 Å². The van der Waals surface area contributed by atoms with Gasteiger partial charge in [-0.3, -0.25) is 0 Å². The van der Waals surface area contributed by atoms with Crippen molar-refractivity contribution >= 4 is 23.4 Å². The normalized spacial score (nSPS) is 16.6. The molecule has 1 aliphatic rings. The molecular weight excluding hydrogens is 320 g/mol. The highest BCUT2D eigenvalue weighted by atomic mass is 35.5. The van der Waals surface area contributed by atoms with Crippen molar-refractivity contribution in [3.63, 3.8) is 0 Å².